The van der Waals surface area contributed by atoms with Crippen LogP contribution in [-0.4, -0.2) is 46.9 Å². The fourth-order valence-corrected chi connectivity index (χ4v) is 6.79. The molecule has 0 bridgehead atoms. The minimum absolute atomic E-state index is 0.0349. The van der Waals surface area contributed by atoms with Crippen molar-refractivity contribution in [3.63, 3.8) is 0 Å². The molecular weight excluding hydrogens is 707 g/mol. The smallest absolute Gasteiger partial charge is 0.306 e. The highest BCUT2D eigenvalue weighted by atomic mass is 16.5. The van der Waals surface area contributed by atoms with Gasteiger partial charge in [0, 0.05) is 6.42 Å². The van der Waals surface area contributed by atoms with Crippen LogP contribution in [0.15, 0.2) is 72.9 Å². The van der Waals surface area contributed by atoms with Gasteiger partial charge < -0.3 is 20.3 Å². The number of amides is 1. The first-order chi connectivity index (χ1) is 28.0. The van der Waals surface area contributed by atoms with Crippen LogP contribution in [0.25, 0.3) is 0 Å². The monoisotopic (exact) mass is 796 g/mol. The fourth-order valence-electron chi connectivity index (χ4n) is 6.79. The molecule has 0 saturated carbocycles. The van der Waals surface area contributed by atoms with E-state index in [1.54, 1.807) is 0 Å². The van der Waals surface area contributed by atoms with Gasteiger partial charge in [-0.15, -0.1) is 0 Å². The molecule has 0 spiro atoms. The van der Waals surface area contributed by atoms with Crippen LogP contribution in [0.5, 0.6) is 0 Å². The summed E-state index contributed by atoms with van der Waals surface area (Å²) in [6, 6.07) is -0.722. The molecule has 0 aromatic heterocycles. The van der Waals surface area contributed by atoms with Crippen molar-refractivity contribution in [1.29, 1.82) is 0 Å². The molecule has 328 valence electrons. The number of hydrogen-bond donors (Lipinski definition) is 3. The first kappa shape index (κ1) is 54.3. The van der Waals surface area contributed by atoms with Crippen molar-refractivity contribution in [3.8, 4) is 0 Å². The normalized spacial score (nSPS) is 14.0. The molecule has 6 heteroatoms. The summed E-state index contributed by atoms with van der Waals surface area (Å²) >= 11 is 0. The third-order valence-corrected chi connectivity index (χ3v) is 10.4. The molecule has 3 N–H and O–H groups in total. The van der Waals surface area contributed by atoms with Gasteiger partial charge in [0.05, 0.1) is 25.2 Å². The molecule has 6 nitrogen and oxygen atoms in total. The fraction of sp³-hybridized carbons (Fsp3) is 0.725. The molecule has 0 rings (SSSR count). The number of rotatable bonds is 41. The Kier molecular flexibility index (Phi) is 42.3. The number of carbonyl (C=O) groups is 2. The number of allylic oxidation sites excluding steroid dienone is 12. The molecule has 0 heterocycles. The largest absolute Gasteiger partial charge is 0.462 e. The number of aliphatic hydroxyl groups excluding tert-OH is 2. The van der Waals surface area contributed by atoms with Crippen LogP contribution in [0.2, 0.25) is 0 Å². The summed E-state index contributed by atoms with van der Waals surface area (Å²) in [4.78, 5) is 25.9. The molecule has 0 aromatic rings. The lowest BCUT2D eigenvalue weighted by atomic mass is 10.0. The predicted octanol–water partition coefficient (Wildman–Crippen LogP) is 13.8. The van der Waals surface area contributed by atoms with E-state index in [0.717, 1.165) is 64.2 Å². The van der Waals surface area contributed by atoms with Crippen molar-refractivity contribution >= 4 is 11.9 Å². The van der Waals surface area contributed by atoms with Crippen molar-refractivity contribution in [3.05, 3.63) is 72.9 Å². The molecule has 57 heavy (non-hydrogen) atoms. The summed E-state index contributed by atoms with van der Waals surface area (Å²) in [6.45, 7) is 6.26. The van der Waals surface area contributed by atoms with Gasteiger partial charge in [0.2, 0.25) is 5.91 Å². The predicted molar refractivity (Wildman–Crippen MR) is 245 cm³/mol. The summed E-state index contributed by atoms with van der Waals surface area (Å²) in [6.07, 6.45) is 55.4. The lowest BCUT2D eigenvalue weighted by Crippen LogP contribution is -2.46. The van der Waals surface area contributed by atoms with Crippen molar-refractivity contribution in [2.45, 2.75) is 232 Å². The van der Waals surface area contributed by atoms with E-state index in [2.05, 4.69) is 44.3 Å². The minimum Gasteiger partial charge on any atom is -0.462 e. The zero-order valence-electron chi connectivity index (χ0n) is 37.2. The van der Waals surface area contributed by atoms with Crippen molar-refractivity contribution in [1.82, 2.24) is 5.32 Å². The average Bonchev–Trinajstić information content (AvgIpc) is 3.20. The van der Waals surface area contributed by atoms with Gasteiger partial charge in [-0.2, -0.15) is 0 Å². The third-order valence-electron chi connectivity index (χ3n) is 10.4. The van der Waals surface area contributed by atoms with Crippen molar-refractivity contribution in [2.24, 2.45) is 0 Å². The van der Waals surface area contributed by atoms with Crippen LogP contribution in [0.1, 0.15) is 213 Å². The van der Waals surface area contributed by atoms with E-state index < -0.39 is 18.2 Å². The van der Waals surface area contributed by atoms with E-state index in [1.165, 1.54) is 96.3 Å². The van der Waals surface area contributed by atoms with E-state index in [-0.39, 0.29) is 24.9 Å². The van der Waals surface area contributed by atoms with Gasteiger partial charge in [-0.05, 0) is 57.8 Å². The quantitative estimate of drug-likeness (QED) is 0.0248. The Morgan fingerprint density at radius 3 is 1.53 bits per heavy atom. The second-order valence-corrected chi connectivity index (χ2v) is 15.9. The Bertz CT molecular complexity index is 1070. The molecule has 0 aliphatic heterocycles. The summed E-state index contributed by atoms with van der Waals surface area (Å²) in [5.74, 6) is -0.585. The molecule has 0 aliphatic rings. The van der Waals surface area contributed by atoms with Gasteiger partial charge in [-0.3, -0.25) is 9.59 Å². The van der Waals surface area contributed by atoms with E-state index in [0.29, 0.717) is 25.7 Å². The van der Waals surface area contributed by atoms with Gasteiger partial charge in [-0.1, -0.05) is 216 Å². The van der Waals surface area contributed by atoms with E-state index in [4.69, 9.17) is 4.74 Å². The maximum Gasteiger partial charge on any atom is 0.306 e. The number of hydrogen-bond acceptors (Lipinski definition) is 5. The first-order valence-electron chi connectivity index (χ1n) is 23.7. The van der Waals surface area contributed by atoms with Crippen molar-refractivity contribution in [2.75, 3.05) is 6.61 Å². The number of aliphatic hydroxyl groups is 2. The lowest BCUT2D eigenvalue weighted by molar-refractivity contribution is -0.151. The molecule has 0 saturated heterocycles. The molecule has 3 unspecified atom stereocenters. The Hall–Kier alpha value is -2.70. The summed E-state index contributed by atoms with van der Waals surface area (Å²) in [5, 5.41) is 23.7. The number of unbranched alkanes of at least 4 members (excludes halogenated alkanes) is 21. The molecule has 0 radical (unpaired) electrons. The van der Waals surface area contributed by atoms with Crippen LogP contribution in [-0.2, 0) is 14.3 Å². The molecular formula is C51H89NO5. The van der Waals surface area contributed by atoms with E-state index in [1.807, 2.05) is 54.7 Å². The van der Waals surface area contributed by atoms with Crippen LogP contribution in [0.4, 0.5) is 0 Å². The third kappa shape index (κ3) is 39.9. The average molecular weight is 796 g/mol. The molecule has 3 atom stereocenters. The van der Waals surface area contributed by atoms with Crippen LogP contribution < -0.4 is 5.32 Å². The number of esters is 1. The number of nitrogens with one attached hydrogen (secondary N) is 1. The highest BCUT2D eigenvalue weighted by Gasteiger charge is 2.24. The minimum atomic E-state index is -0.805. The zero-order valence-corrected chi connectivity index (χ0v) is 37.2. The molecule has 0 aliphatic carbocycles. The first-order valence-corrected chi connectivity index (χ1v) is 23.7. The Morgan fingerprint density at radius 2 is 0.982 bits per heavy atom. The van der Waals surface area contributed by atoms with E-state index in [9.17, 15) is 19.8 Å². The summed E-state index contributed by atoms with van der Waals surface area (Å²) < 4.78 is 5.84. The summed E-state index contributed by atoms with van der Waals surface area (Å²) in [5.41, 5.74) is 0. The van der Waals surface area contributed by atoms with Gasteiger partial charge in [0.15, 0.2) is 0 Å². The Morgan fingerprint density at radius 1 is 0.526 bits per heavy atom. The van der Waals surface area contributed by atoms with E-state index >= 15 is 0 Å². The molecule has 0 aromatic carbocycles. The highest BCUT2D eigenvalue weighted by Crippen LogP contribution is 2.17. The summed E-state index contributed by atoms with van der Waals surface area (Å²) in [7, 11) is 0. The van der Waals surface area contributed by atoms with Gasteiger partial charge in [0.1, 0.15) is 6.10 Å². The topological polar surface area (TPSA) is 95.9 Å². The number of carbonyl (C=O) groups excluding carboxylic acids is 2. The molecule has 0 fully saturated rings. The highest BCUT2D eigenvalue weighted by molar-refractivity contribution is 5.77. The Balaban J connectivity index is 4.58. The number of ether oxygens (including phenoxy) is 1. The SMILES string of the molecule is CC/C=C/C=C/C=C\C=C/C=C/CCCC(=O)OC(CCCCC/C=C\CCCC)CC(=O)NC(CO)C(O)CCCCCCCCCCCCCCCCCC. The second-order valence-electron chi connectivity index (χ2n) is 15.9. The van der Waals surface area contributed by atoms with Gasteiger partial charge >= 0.3 is 5.97 Å². The van der Waals surface area contributed by atoms with Crippen LogP contribution >= 0.6 is 0 Å². The standard InChI is InChI=1S/C51H89NO5/c1-4-7-10-13-16-19-21-23-24-25-27-28-31-34-37-40-43-49(54)48(46-53)52-50(55)45-47(42-39-36-33-30-18-15-12-9-6-3)57-51(56)44-41-38-35-32-29-26-22-20-17-14-11-8-5-2/h8,11,14-15,17-18,20,22,26,29,32,35,47-49,53-54H,4-7,9-10,12-13,16,19,21,23-25,27-28,30-31,33-34,36-46H2,1-3H3,(H,52,55)/b11-8+,17-14+,18-15-,22-20-,29-26-,35-32+. The Labute approximate surface area is 351 Å². The van der Waals surface area contributed by atoms with Gasteiger partial charge in [0.25, 0.3) is 0 Å². The lowest BCUT2D eigenvalue weighted by Gasteiger charge is -2.24. The van der Waals surface area contributed by atoms with Crippen molar-refractivity contribution < 1.29 is 24.5 Å². The second kappa shape index (κ2) is 44.4. The zero-order chi connectivity index (χ0) is 41.7. The maximum atomic E-state index is 13.1. The van der Waals surface area contributed by atoms with Crippen LogP contribution in [0, 0.1) is 0 Å². The maximum absolute atomic E-state index is 13.1. The van der Waals surface area contributed by atoms with Crippen LogP contribution in [0.3, 0.4) is 0 Å². The van der Waals surface area contributed by atoms with Gasteiger partial charge in [-0.25, -0.2) is 0 Å². The molecule has 1 amide bonds.